The van der Waals surface area contributed by atoms with Crippen molar-refractivity contribution in [2.75, 3.05) is 11.1 Å². The highest BCUT2D eigenvalue weighted by atomic mass is 32.2. The molecule has 0 spiro atoms. The molecule has 0 saturated carbocycles. The van der Waals surface area contributed by atoms with E-state index in [0.717, 1.165) is 34.5 Å². The Morgan fingerprint density at radius 3 is 2.37 bits per heavy atom. The van der Waals surface area contributed by atoms with Gasteiger partial charge in [-0.15, -0.1) is 0 Å². The minimum atomic E-state index is -3.90. The summed E-state index contributed by atoms with van der Waals surface area (Å²) in [6.07, 6.45) is 0.852. The molecule has 0 radical (unpaired) electrons. The summed E-state index contributed by atoms with van der Waals surface area (Å²) >= 11 is 1.12. The minimum Gasteiger partial charge on any atom is -0.325 e. The number of sulfonamides is 1. The second kappa shape index (κ2) is 10.4. The summed E-state index contributed by atoms with van der Waals surface area (Å²) in [6, 6.07) is 24.6. The number of nitrogens with one attached hydrogen (secondary N) is 1. The molecule has 1 heterocycles. The first-order valence-corrected chi connectivity index (χ1v) is 14.4. The predicted octanol–water partition coefficient (Wildman–Crippen LogP) is 4.48. The van der Waals surface area contributed by atoms with Crippen LogP contribution in [0.2, 0.25) is 0 Å². The number of primary sulfonamides is 1. The molecule has 0 fully saturated rings. The average Bonchev–Trinajstić information content (AvgIpc) is 2.91. The second-order valence-corrected chi connectivity index (χ2v) is 11.2. The molecule has 0 aliphatic carbocycles. The third kappa shape index (κ3) is 5.33. The number of carbonyl (C=O) groups excluding carboxylic acids is 1. The standard InChI is InChI=1S/C28H24N4O4S2/c1-2-18-6-5-9-21(14-18)30-26(33)17-37-28-31-25-16-20-8-4-3-7-19(20)15-24(25)27(34)32(28)22-10-12-23(13-11-22)38(29,35)36/h3-16H,2,17H2,1H3,(H,30,33)(H2,29,35,36). The van der Waals surface area contributed by atoms with Crippen molar-refractivity contribution >= 4 is 55.1 Å². The van der Waals surface area contributed by atoms with Gasteiger partial charge in [0.1, 0.15) is 0 Å². The van der Waals surface area contributed by atoms with Gasteiger partial charge in [0, 0.05) is 5.69 Å². The van der Waals surface area contributed by atoms with E-state index in [9.17, 15) is 18.0 Å². The molecule has 38 heavy (non-hydrogen) atoms. The smallest absolute Gasteiger partial charge is 0.266 e. The predicted molar refractivity (Wildman–Crippen MR) is 151 cm³/mol. The first-order valence-electron chi connectivity index (χ1n) is 11.8. The summed E-state index contributed by atoms with van der Waals surface area (Å²) in [5, 5.41) is 10.7. The first-order chi connectivity index (χ1) is 18.2. The van der Waals surface area contributed by atoms with Gasteiger partial charge in [-0.25, -0.2) is 18.5 Å². The first kappa shape index (κ1) is 25.7. The fourth-order valence-electron chi connectivity index (χ4n) is 4.16. The Bertz CT molecular complexity index is 1850. The van der Waals surface area contributed by atoms with Crippen LogP contribution in [0.5, 0.6) is 0 Å². The quantitative estimate of drug-likeness (QED) is 0.177. The number of benzene rings is 4. The van der Waals surface area contributed by atoms with Crippen LogP contribution in [0.1, 0.15) is 12.5 Å². The van der Waals surface area contributed by atoms with E-state index in [1.165, 1.54) is 28.8 Å². The highest BCUT2D eigenvalue weighted by Gasteiger charge is 2.17. The van der Waals surface area contributed by atoms with Gasteiger partial charge in [0.05, 0.1) is 27.2 Å². The summed E-state index contributed by atoms with van der Waals surface area (Å²) in [7, 11) is -3.90. The minimum absolute atomic E-state index is 0.0111. The molecule has 0 unspecified atom stereocenters. The fourth-order valence-corrected chi connectivity index (χ4v) is 5.49. The molecule has 0 aliphatic heterocycles. The van der Waals surface area contributed by atoms with E-state index in [0.29, 0.717) is 27.4 Å². The summed E-state index contributed by atoms with van der Waals surface area (Å²) in [5.41, 5.74) is 2.38. The Morgan fingerprint density at radius 2 is 1.68 bits per heavy atom. The van der Waals surface area contributed by atoms with Crippen LogP contribution >= 0.6 is 11.8 Å². The van der Waals surface area contributed by atoms with Crippen molar-refractivity contribution in [1.82, 2.24) is 9.55 Å². The van der Waals surface area contributed by atoms with Crippen molar-refractivity contribution in [1.29, 1.82) is 0 Å². The number of nitrogens with zero attached hydrogens (tertiary/aromatic N) is 2. The lowest BCUT2D eigenvalue weighted by Gasteiger charge is -2.14. The maximum atomic E-state index is 13.7. The van der Waals surface area contributed by atoms with Gasteiger partial charge in [0.15, 0.2) is 5.16 Å². The number of nitrogens with two attached hydrogens (primary N) is 1. The van der Waals surface area contributed by atoms with Crippen LogP contribution in [-0.4, -0.2) is 29.6 Å². The van der Waals surface area contributed by atoms with Crippen LogP contribution in [0.25, 0.3) is 27.4 Å². The number of hydrogen-bond acceptors (Lipinski definition) is 6. The molecule has 3 N–H and O–H groups in total. The van der Waals surface area contributed by atoms with E-state index < -0.39 is 10.0 Å². The van der Waals surface area contributed by atoms with Gasteiger partial charge >= 0.3 is 0 Å². The normalized spacial score (nSPS) is 11.6. The van der Waals surface area contributed by atoms with Gasteiger partial charge in [0.2, 0.25) is 15.9 Å². The maximum absolute atomic E-state index is 13.7. The molecule has 5 rings (SSSR count). The van der Waals surface area contributed by atoms with Crippen LogP contribution in [0.3, 0.4) is 0 Å². The lowest BCUT2D eigenvalue weighted by molar-refractivity contribution is -0.113. The van der Waals surface area contributed by atoms with Crippen molar-refractivity contribution < 1.29 is 13.2 Å². The van der Waals surface area contributed by atoms with Gasteiger partial charge in [-0.2, -0.15) is 0 Å². The van der Waals surface area contributed by atoms with Gasteiger partial charge in [-0.1, -0.05) is 55.1 Å². The number of hydrogen-bond donors (Lipinski definition) is 2. The fraction of sp³-hybridized carbons (Fsp3) is 0.107. The largest absolute Gasteiger partial charge is 0.325 e. The van der Waals surface area contributed by atoms with Crippen LogP contribution in [0, 0.1) is 0 Å². The topological polar surface area (TPSA) is 124 Å². The Balaban J connectivity index is 1.56. The number of rotatable bonds is 7. The maximum Gasteiger partial charge on any atom is 0.266 e. The van der Waals surface area contributed by atoms with Gasteiger partial charge in [0.25, 0.3) is 5.56 Å². The van der Waals surface area contributed by atoms with Crippen LogP contribution in [-0.2, 0) is 21.2 Å². The molecular weight excluding hydrogens is 520 g/mol. The number of aryl methyl sites for hydroxylation is 1. The number of amides is 1. The third-order valence-electron chi connectivity index (χ3n) is 6.08. The molecule has 1 aromatic heterocycles. The molecule has 0 bridgehead atoms. The van der Waals surface area contributed by atoms with Gasteiger partial charge in [-0.3, -0.25) is 14.2 Å². The highest BCUT2D eigenvalue weighted by Crippen LogP contribution is 2.25. The third-order valence-corrected chi connectivity index (χ3v) is 7.95. The molecule has 0 atom stereocenters. The molecule has 4 aromatic carbocycles. The number of thioether (sulfide) groups is 1. The zero-order chi connectivity index (χ0) is 26.9. The van der Waals surface area contributed by atoms with Crippen molar-refractivity contribution in [3.63, 3.8) is 0 Å². The van der Waals surface area contributed by atoms with Crippen LogP contribution in [0.15, 0.2) is 99.8 Å². The second-order valence-electron chi connectivity index (χ2n) is 8.68. The molecule has 1 amide bonds. The number of fused-ring (bicyclic) bond motifs is 2. The molecule has 10 heteroatoms. The van der Waals surface area contributed by atoms with E-state index in [2.05, 4.69) is 5.32 Å². The number of carbonyl (C=O) groups is 1. The SMILES string of the molecule is CCc1cccc(NC(=O)CSc2nc3cc4ccccc4cc3c(=O)n2-c2ccc(S(N)(=O)=O)cc2)c1. The average molecular weight is 545 g/mol. The molecule has 5 aromatic rings. The van der Waals surface area contributed by atoms with E-state index in [4.69, 9.17) is 10.1 Å². The summed E-state index contributed by atoms with van der Waals surface area (Å²) < 4.78 is 24.8. The lowest BCUT2D eigenvalue weighted by atomic mass is 10.1. The van der Waals surface area contributed by atoms with Crippen molar-refractivity contribution in [3.8, 4) is 5.69 Å². The van der Waals surface area contributed by atoms with Gasteiger partial charge < -0.3 is 5.32 Å². The Morgan fingerprint density at radius 1 is 0.974 bits per heavy atom. The lowest BCUT2D eigenvalue weighted by Crippen LogP contribution is -2.23. The Kier molecular flexibility index (Phi) is 7.02. The number of aromatic nitrogens is 2. The Hall–Kier alpha value is -3.99. The van der Waals surface area contributed by atoms with Crippen LogP contribution in [0.4, 0.5) is 5.69 Å². The van der Waals surface area contributed by atoms with Crippen molar-refractivity contribution in [2.45, 2.75) is 23.4 Å². The zero-order valence-electron chi connectivity index (χ0n) is 20.4. The molecule has 0 saturated heterocycles. The number of anilines is 1. The zero-order valence-corrected chi connectivity index (χ0v) is 22.1. The van der Waals surface area contributed by atoms with Crippen molar-refractivity contribution in [2.24, 2.45) is 5.14 Å². The van der Waals surface area contributed by atoms with Gasteiger partial charge in [-0.05, 0) is 71.3 Å². The molecule has 192 valence electrons. The van der Waals surface area contributed by atoms with Crippen molar-refractivity contribution in [3.05, 3.63) is 101 Å². The van der Waals surface area contributed by atoms with E-state index in [1.807, 2.05) is 61.5 Å². The molecule has 0 aliphatic rings. The molecular formula is C28H24N4O4S2. The van der Waals surface area contributed by atoms with E-state index >= 15 is 0 Å². The summed E-state index contributed by atoms with van der Waals surface area (Å²) in [6.45, 7) is 2.04. The summed E-state index contributed by atoms with van der Waals surface area (Å²) in [4.78, 5) is 31.2. The van der Waals surface area contributed by atoms with Crippen LogP contribution < -0.4 is 16.0 Å². The molecule has 8 nitrogen and oxygen atoms in total. The van der Waals surface area contributed by atoms with E-state index in [1.54, 1.807) is 6.07 Å². The monoisotopic (exact) mass is 544 g/mol. The van der Waals surface area contributed by atoms with E-state index in [-0.39, 0.29) is 22.1 Å². The summed E-state index contributed by atoms with van der Waals surface area (Å²) in [5.74, 6) is -0.232. The Labute approximate surface area is 223 Å². The highest BCUT2D eigenvalue weighted by molar-refractivity contribution is 7.99.